The molecule has 0 saturated carbocycles. The molecule has 0 aliphatic carbocycles. The number of carbonyl (C=O) groups excluding carboxylic acids is 2. The van der Waals surface area contributed by atoms with Crippen LogP contribution < -0.4 is 10.0 Å². The van der Waals surface area contributed by atoms with Gasteiger partial charge in [-0.15, -0.1) is 0 Å². The number of methoxy groups -OCH3 is 1. The molecular formula is C30H37N3O5S. The summed E-state index contributed by atoms with van der Waals surface area (Å²) in [5.41, 5.74) is 2.47. The number of hydrogen-bond donors (Lipinski definition) is 2. The van der Waals surface area contributed by atoms with E-state index < -0.39 is 16.1 Å². The molecule has 2 amide bonds. The summed E-state index contributed by atoms with van der Waals surface area (Å²) < 4.78 is 32.0. The average molecular weight is 552 g/mol. The van der Waals surface area contributed by atoms with Crippen molar-refractivity contribution in [1.29, 1.82) is 0 Å². The first kappa shape index (κ1) is 30.0. The van der Waals surface area contributed by atoms with Crippen molar-refractivity contribution in [3.05, 3.63) is 102 Å². The monoisotopic (exact) mass is 551 g/mol. The van der Waals surface area contributed by atoms with E-state index in [-0.39, 0.29) is 29.7 Å². The number of amides is 2. The van der Waals surface area contributed by atoms with Crippen LogP contribution in [-0.4, -0.2) is 51.9 Å². The van der Waals surface area contributed by atoms with Gasteiger partial charge in [0.15, 0.2) is 0 Å². The Morgan fingerprint density at radius 3 is 2.15 bits per heavy atom. The third-order valence-electron chi connectivity index (χ3n) is 6.21. The number of sulfonamides is 1. The molecule has 8 nitrogen and oxygen atoms in total. The molecule has 0 radical (unpaired) electrons. The van der Waals surface area contributed by atoms with E-state index in [1.54, 1.807) is 43.2 Å². The average Bonchev–Trinajstić information content (AvgIpc) is 2.95. The highest BCUT2D eigenvalue weighted by molar-refractivity contribution is 7.89. The van der Waals surface area contributed by atoms with Gasteiger partial charge in [0.05, 0.1) is 4.90 Å². The Kier molecular flexibility index (Phi) is 11.7. The zero-order chi connectivity index (χ0) is 28.1. The predicted octanol–water partition coefficient (Wildman–Crippen LogP) is 3.84. The standard InChI is InChI=1S/C30H37N3O5S/c1-3-32-39(36,37)27-18-15-24(16-19-27)17-20-28(34)33(23-25-11-6-4-7-12-25)29(26-13-8-5-9-14-26)30(35)31-21-10-22-38-2/h4-9,11-16,18-19,29,32H,3,10,17,20-23H2,1-2H3,(H,31,35). The van der Waals surface area contributed by atoms with Gasteiger partial charge >= 0.3 is 0 Å². The van der Waals surface area contributed by atoms with Crippen LogP contribution in [0.1, 0.15) is 42.5 Å². The van der Waals surface area contributed by atoms with Gasteiger partial charge in [-0.25, -0.2) is 13.1 Å². The summed E-state index contributed by atoms with van der Waals surface area (Å²) in [5, 5.41) is 2.97. The minimum atomic E-state index is -3.55. The fourth-order valence-corrected chi connectivity index (χ4v) is 5.28. The summed E-state index contributed by atoms with van der Waals surface area (Å²) in [6.07, 6.45) is 1.23. The molecule has 0 spiro atoms. The van der Waals surface area contributed by atoms with E-state index in [9.17, 15) is 18.0 Å². The van der Waals surface area contributed by atoms with Crippen LogP contribution in [0.3, 0.4) is 0 Å². The molecule has 3 aromatic carbocycles. The molecule has 0 heterocycles. The Morgan fingerprint density at radius 1 is 0.897 bits per heavy atom. The highest BCUT2D eigenvalue weighted by Crippen LogP contribution is 2.25. The summed E-state index contributed by atoms with van der Waals surface area (Å²) in [4.78, 5) is 29.0. The van der Waals surface area contributed by atoms with E-state index in [0.717, 1.165) is 16.7 Å². The molecule has 39 heavy (non-hydrogen) atoms. The quantitative estimate of drug-likeness (QED) is 0.279. The van der Waals surface area contributed by atoms with Crippen LogP contribution in [0, 0.1) is 0 Å². The van der Waals surface area contributed by atoms with Crippen molar-refractivity contribution < 1.29 is 22.7 Å². The molecule has 3 aromatic rings. The van der Waals surface area contributed by atoms with Crippen molar-refractivity contribution in [3.63, 3.8) is 0 Å². The Morgan fingerprint density at radius 2 is 1.54 bits per heavy atom. The van der Waals surface area contributed by atoms with E-state index in [2.05, 4.69) is 10.0 Å². The molecule has 0 aliphatic rings. The molecule has 0 bridgehead atoms. The first-order valence-electron chi connectivity index (χ1n) is 13.1. The molecule has 0 saturated heterocycles. The zero-order valence-electron chi connectivity index (χ0n) is 22.5. The number of rotatable bonds is 15. The first-order valence-corrected chi connectivity index (χ1v) is 14.6. The van der Waals surface area contributed by atoms with E-state index in [1.807, 2.05) is 60.7 Å². The highest BCUT2D eigenvalue weighted by atomic mass is 32.2. The minimum Gasteiger partial charge on any atom is -0.385 e. The van der Waals surface area contributed by atoms with Crippen molar-refractivity contribution >= 4 is 21.8 Å². The molecule has 0 aliphatic heterocycles. The van der Waals surface area contributed by atoms with Crippen LogP contribution in [0.5, 0.6) is 0 Å². The summed E-state index contributed by atoms with van der Waals surface area (Å²) in [6.45, 7) is 3.26. The van der Waals surface area contributed by atoms with Gasteiger partial charge in [0.1, 0.15) is 6.04 Å². The molecule has 0 aromatic heterocycles. The van der Waals surface area contributed by atoms with Crippen molar-refractivity contribution in [2.24, 2.45) is 0 Å². The Labute approximate surface area is 231 Å². The summed E-state index contributed by atoms with van der Waals surface area (Å²) >= 11 is 0. The maximum absolute atomic E-state index is 13.7. The predicted molar refractivity (Wildman–Crippen MR) is 151 cm³/mol. The van der Waals surface area contributed by atoms with Gasteiger partial charge in [0, 0.05) is 39.8 Å². The van der Waals surface area contributed by atoms with Crippen molar-refractivity contribution in [1.82, 2.24) is 14.9 Å². The molecule has 2 N–H and O–H groups in total. The van der Waals surface area contributed by atoms with E-state index in [1.165, 1.54) is 0 Å². The van der Waals surface area contributed by atoms with Gasteiger partial charge in [-0.2, -0.15) is 0 Å². The SMILES string of the molecule is CCNS(=O)(=O)c1ccc(CCC(=O)N(Cc2ccccc2)C(C(=O)NCCCOC)c2ccccc2)cc1. The first-order chi connectivity index (χ1) is 18.9. The van der Waals surface area contributed by atoms with Gasteiger partial charge in [-0.05, 0) is 41.7 Å². The molecule has 1 unspecified atom stereocenters. The maximum Gasteiger partial charge on any atom is 0.247 e. The lowest BCUT2D eigenvalue weighted by molar-refractivity contribution is -0.141. The van der Waals surface area contributed by atoms with E-state index in [4.69, 9.17) is 4.74 Å². The largest absolute Gasteiger partial charge is 0.385 e. The second-order valence-electron chi connectivity index (χ2n) is 9.10. The lowest BCUT2D eigenvalue weighted by Gasteiger charge is -2.32. The number of nitrogens with zero attached hydrogens (tertiary/aromatic N) is 1. The fourth-order valence-electron chi connectivity index (χ4n) is 4.24. The van der Waals surface area contributed by atoms with Gasteiger partial charge in [0.25, 0.3) is 0 Å². The van der Waals surface area contributed by atoms with Gasteiger partial charge in [-0.3, -0.25) is 9.59 Å². The molecule has 208 valence electrons. The van der Waals surface area contributed by atoms with E-state index >= 15 is 0 Å². The van der Waals surface area contributed by atoms with Crippen LogP contribution in [-0.2, 0) is 37.3 Å². The molecule has 0 fully saturated rings. The number of hydrogen-bond acceptors (Lipinski definition) is 5. The Bertz CT molecular complexity index is 1280. The highest BCUT2D eigenvalue weighted by Gasteiger charge is 2.31. The maximum atomic E-state index is 13.7. The van der Waals surface area contributed by atoms with Crippen LogP contribution in [0.4, 0.5) is 0 Å². The normalized spacial score (nSPS) is 12.1. The van der Waals surface area contributed by atoms with Gasteiger partial charge < -0.3 is 15.0 Å². The van der Waals surface area contributed by atoms with Crippen LogP contribution in [0.2, 0.25) is 0 Å². The van der Waals surface area contributed by atoms with Crippen LogP contribution in [0.25, 0.3) is 0 Å². The van der Waals surface area contributed by atoms with Gasteiger partial charge in [0.2, 0.25) is 21.8 Å². The third-order valence-corrected chi connectivity index (χ3v) is 7.77. The Hall–Kier alpha value is -3.53. The van der Waals surface area contributed by atoms with E-state index in [0.29, 0.717) is 32.5 Å². The molecular weight excluding hydrogens is 514 g/mol. The topological polar surface area (TPSA) is 105 Å². The number of benzene rings is 3. The summed E-state index contributed by atoms with van der Waals surface area (Å²) in [5.74, 6) is -0.427. The molecule has 3 rings (SSSR count). The zero-order valence-corrected chi connectivity index (χ0v) is 23.3. The second kappa shape index (κ2) is 15.2. The van der Waals surface area contributed by atoms with Gasteiger partial charge in [-0.1, -0.05) is 79.7 Å². The minimum absolute atomic E-state index is 0.159. The third kappa shape index (κ3) is 9.02. The smallest absolute Gasteiger partial charge is 0.247 e. The van der Waals surface area contributed by atoms with Crippen LogP contribution in [0.15, 0.2) is 89.8 Å². The summed E-state index contributed by atoms with van der Waals surface area (Å²) in [7, 11) is -1.93. The number of nitrogens with one attached hydrogen (secondary N) is 2. The lowest BCUT2D eigenvalue weighted by Crippen LogP contribution is -2.43. The molecule has 9 heteroatoms. The lowest BCUT2D eigenvalue weighted by atomic mass is 10.0. The van der Waals surface area contributed by atoms with Crippen LogP contribution >= 0.6 is 0 Å². The van der Waals surface area contributed by atoms with Crippen molar-refractivity contribution in [3.8, 4) is 0 Å². The molecule has 1 atom stereocenters. The second-order valence-corrected chi connectivity index (χ2v) is 10.9. The number of carbonyl (C=O) groups is 2. The van der Waals surface area contributed by atoms with Crippen molar-refractivity contribution in [2.45, 2.75) is 43.7 Å². The number of ether oxygens (including phenoxy) is 1. The van der Waals surface area contributed by atoms with Crippen molar-refractivity contribution in [2.75, 3.05) is 26.8 Å². The Balaban J connectivity index is 1.84. The number of aryl methyl sites for hydroxylation is 1. The fraction of sp³-hybridized carbons (Fsp3) is 0.333. The summed E-state index contributed by atoms with van der Waals surface area (Å²) in [6, 6.07) is 24.6.